The van der Waals surface area contributed by atoms with Gasteiger partial charge in [0.25, 0.3) is 0 Å². The van der Waals surface area contributed by atoms with Gasteiger partial charge in [-0.25, -0.2) is 0 Å². The van der Waals surface area contributed by atoms with E-state index in [4.69, 9.17) is 16.3 Å². The third-order valence-electron chi connectivity index (χ3n) is 3.10. The largest absolute Gasteiger partial charge is 0.489 e. The number of benzene rings is 1. The van der Waals surface area contributed by atoms with E-state index >= 15 is 0 Å². The van der Waals surface area contributed by atoms with Gasteiger partial charge in [-0.3, -0.25) is 0 Å². The number of nitrogens with one attached hydrogen (secondary N) is 1. The fourth-order valence-corrected chi connectivity index (χ4v) is 2.01. The SMILES string of the molecule is CCC(CNC1CC1)Oc1ccc(Cl)cc1C. The third-order valence-corrected chi connectivity index (χ3v) is 3.33. The lowest BCUT2D eigenvalue weighted by Gasteiger charge is -2.19. The third kappa shape index (κ3) is 3.90. The first kappa shape index (κ1) is 12.7. The van der Waals surface area contributed by atoms with Gasteiger partial charge in [-0.2, -0.15) is 0 Å². The average Bonchev–Trinajstić information content (AvgIpc) is 3.11. The predicted octanol–water partition coefficient (Wildman–Crippen LogP) is 3.56. The van der Waals surface area contributed by atoms with Gasteiger partial charge in [0.15, 0.2) is 0 Å². The molecule has 0 heterocycles. The fraction of sp³-hybridized carbons (Fsp3) is 0.571. The molecule has 3 heteroatoms. The molecule has 0 bridgehead atoms. The van der Waals surface area contributed by atoms with Crippen molar-refractivity contribution in [2.75, 3.05) is 6.54 Å². The highest BCUT2D eigenvalue weighted by molar-refractivity contribution is 6.30. The summed E-state index contributed by atoms with van der Waals surface area (Å²) in [4.78, 5) is 0. The number of hydrogen-bond acceptors (Lipinski definition) is 2. The van der Waals surface area contributed by atoms with Gasteiger partial charge < -0.3 is 10.1 Å². The molecule has 0 amide bonds. The van der Waals surface area contributed by atoms with E-state index in [-0.39, 0.29) is 6.10 Å². The monoisotopic (exact) mass is 253 g/mol. The zero-order valence-electron chi connectivity index (χ0n) is 10.5. The van der Waals surface area contributed by atoms with Crippen molar-refractivity contribution in [1.29, 1.82) is 0 Å². The Morgan fingerprint density at radius 2 is 2.24 bits per heavy atom. The molecule has 0 saturated heterocycles. The summed E-state index contributed by atoms with van der Waals surface area (Å²) in [5, 5.41) is 4.27. The van der Waals surface area contributed by atoms with Crippen molar-refractivity contribution in [2.24, 2.45) is 0 Å². The Morgan fingerprint density at radius 1 is 1.47 bits per heavy atom. The van der Waals surface area contributed by atoms with Gasteiger partial charge in [-0.1, -0.05) is 18.5 Å². The first-order valence-electron chi connectivity index (χ1n) is 6.35. The molecule has 2 nitrogen and oxygen atoms in total. The van der Waals surface area contributed by atoms with Crippen molar-refractivity contribution in [3.8, 4) is 5.75 Å². The Balaban J connectivity index is 1.91. The summed E-state index contributed by atoms with van der Waals surface area (Å²) in [6.45, 7) is 5.12. The lowest BCUT2D eigenvalue weighted by molar-refractivity contribution is 0.191. The molecule has 1 fully saturated rings. The summed E-state index contributed by atoms with van der Waals surface area (Å²) in [6.07, 6.45) is 3.89. The number of rotatable bonds is 6. The normalized spacial score (nSPS) is 16.9. The number of ether oxygens (including phenoxy) is 1. The molecule has 0 radical (unpaired) electrons. The molecule has 1 atom stereocenters. The quantitative estimate of drug-likeness (QED) is 0.837. The van der Waals surface area contributed by atoms with Crippen LogP contribution in [0.4, 0.5) is 0 Å². The first-order valence-corrected chi connectivity index (χ1v) is 6.73. The summed E-state index contributed by atoms with van der Waals surface area (Å²) >= 11 is 5.93. The average molecular weight is 254 g/mol. The van der Waals surface area contributed by atoms with Gasteiger partial charge in [0.2, 0.25) is 0 Å². The lowest BCUT2D eigenvalue weighted by atomic mass is 10.2. The van der Waals surface area contributed by atoms with Gasteiger partial charge in [-0.15, -0.1) is 0 Å². The van der Waals surface area contributed by atoms with E-state index in [0.717, 1.165) is 35.3 Å². The lowest BCUT2D eigenvalue weighted by Crippen LogP contribution is -2.32. The van der Waals surface area contributed by atoms with E-state index < -0.39 is 0 Å². The van der Waals surface area contributed by atoms with Gasteiger partial charge in [0.05, 0.1) is 0 Å². The van der Waals surface area contributed by atoms with Crippen LogP contribution in [0.25, 0.3) is 0 Å². The van der Waals surface area contributed by atoms with E-state index in [0.29, 0.717) is 0 Å². The maximum absolute atomic E-state index is 6.01. The second kappa shape index (κ2) is 5.74. The van der Waals surface area contributed by atoms with E-state index in [1.165, 1.54) is 12.8 Å². The van der Waals surface area contributed by atoms with E-state index in [2.05, 4.69) is 12.2 Å². The highest BCUT2D eigenvalue weighted by Gasteiger charge is 2.22. The minimum absolute atomic E-state index is 0.246. The second-order valence-corrected chi connectivity index (χ2v) is 5.18. The van der Waals surface area contributed by atoms with Crippen molar-refractivity contribution < 1.29 is 4.74 Å². The summed E-state index contributed by atoms with van der Waals surface area (Å²) in [7, 11) is 0. The second-order valence-electron chi connectivity index (χ2n) is 4.74. The molecule has 1 aliphatic rings. The molecule has 0 aliphatic heterocycles. The van der Waals surface area contributed by atoms with Gasteiger partial charge in [0.1, 0.15) is 11.9 Å². The zero-order chi connectivity index (χ0) is 12.3. The van der Waals surface area contributed by atoms with Crippen LogP contribution in [-0.2, 0) is 0 Å². The van der Waals surface area contributed by atoms with Gasteiger partial charge >= 0.3 is 0 Å². The molecular weight excluding hydrogens is 234 g/mol. The van der Waals surface area contributed by atoms with Crippen LogP contribution in [0.1, 0.15) is 31.7 Å². The number of hydrogen-bond donors (Lipinski definition) is 1. The van der Waals surface area contributed by atoms with Gasteiger partial charge in [0, 0.05) is 17.6 Å². The van der Waals surface area contributed by atoms with Crippen LogP contribution < -0.4 is 10.1 Å². The van der Waals surface area contributed by atoms with E-state index in [1.807, 2.05) is 25.1 Å². The standard InChI is InChI=1S/C14H20ClNO/c1-3-13(9-16-12-5-6-12)17-14-7-4-11(15)8-10(14)2/h4,7-8,12-13,16H,3,5-6,9H2,1-2H3. The van der Waals surface area contributed by atoms with Crippen molar-refractivity contribution in [1.82, 2.24) is 5.32 Å². The minimum Gasteiger partial charge on any atom is -0.489 e. The van der Waals surface area contributed by atoms with Crippen molar-refractivity contribution in [3.63, 3.8) is 0 Å². The molecule has 0 aromatic heterocycles. The molecule has 0 spiro atoms. The Morgan fingerprint density at radius 3 is 2.82 bits per heavy atom. The van der Waals surface area contributed by atoms with Crippen LogP contribution in [0.5, 0.6) is 5.75 Å². The maximum Gasteiger partial charge on any atom is 0.122 e. The van der Waals surface area contributed by atoms with Crippen LogP contribution in [-0.4, -0.2) is 18.7 Å². The maximum atomic E-state index is 6.01. The molecule has 2 rings (SSSR count). The van der Waals surface area contributed by atoms with Crippen molar-refractivity contribution >= 4 is 11.6 Å². The molecular formula is C14H20ClNO. The summed E-state index contributed by atoms with van der Waals surface area (Å²) in [5.74, 6) is 0.943. The summed E-state index contributed by atoms with van der Waals surface area (Å²) in [5.41, 5.74) is 1.10. The predicted molar refractivity (Wildman–Crippen MR) is 71.9 cm³/mol. The molecule has 1 saturated carbocycles. The van der Waals surface area contributed by atoms with Crippen LogP contribution in [0.3, 0.4) is 0 Å². The Bertz CT molecular complexity index is 376. The van der Waals surface area contributed by atoms with Crippen LogP contribution in [0, 0.1) is 6.92 Å². The molecule has 94 valence electrons. The Labute approximate surface area is 108 Å². The highest BCUT2D eigenvalue weighted by Crippen LogP contribution is 2.24. The van der Waals surface area contributed by atoms with Crippen LogP contribution in [0.2, 0.25) is 5.02 Å². The first-order chi connectivity index (χ1) is 8.19. The molecule has 1 aromatic rings. The molecule has 1 N–H and O–H groups in total. The van der Waals surface area contributed by atoms with E-state index in [1.54, 1.807) is 0 Å². The van der Waals surface area contributed by atoms with Crippen LogP contribution >= 0.6 is 11.6 Å². The zero-order valence-corrected chi connectivity index (χ0v) is 11.3. The Kier molecular flexibility index (Phi) is 4.30. The highest BCUT2D eigenvalue weighted by atomic mass is 35.5. The molecule has 1 aromatic carbocycles. The number of halogens is 1. The minimum atomic E-state index is 0.246. The van der Waals surface area contributed by atoms with E-state index in [9.17, 15) is 0 Å². The smallest absolute Gasteiger partial charge is 0.122 e. The molecule has 1 unspecified atom stereocenters. The molecule has 17 heavy (non-hydrogen) atoms. The van der Waals surface area contributed by atoms with Gasteiger partial charge in [-0.05, 0) is 49.9 Å². The topological polar surface area (TPSA) is 21.3 Å². The molecule has 1 aliphatic carbocycles. The number of aryl methyl sites for hydroxylation is 1. The Hall–Kier alpha value is -0.730. The summed E-state index contributed by atoms with van der Waals surface area (Å²) < 4.78 is 6.01. The summed E-state index contributed by atoms with van der Waals surface area (Å²) in [6, 6.07) is 6.51. The van der Waals surface area contributed by atoms with Crippen molar-refractivity contribution in [2.45, 2.75) is 45.3 Å². The van der Waals surface area contributed by atoms with Crippen molar-refractivity contribution in [3.05, 3.63) is 28.8 Å². The van der Waals surface area contributed by atoms with Crippen LogP contribution in [0.15, 0.2) is 18.2 Å². The fourth-order valence-electron chi connectivity index (χ4n) is 1.78.